The highest BCUT2D eigenvalue weighted by molar-refractivity contribution is 5.92. The summed E-state index contributed by atoms with van der Waals surface area (Å²) < 4.78 is 2.25. The number of hydrogen-bond donors (Lipinski definition) is 0. The number of piperidine rings is 1. The Hall–Kier alpha value is -2.97. The summed E-state index contributed by atoms with van der Waals surface area (Å²) in [6, 6.07) is 3.03. The lowest BCUT2D eigenvalue weighted by molar-refractivity contribution is 0.0579. The van der Waals surface area contributed by atoms with Crippen molar-refractivity contribution in [1.29, 1.82) is 0 Å². The van der Waals surface area contributed by atoms with E-state index >= 15 is 0 Å². The Morgan fingerprint density at radius 2 is 1.78 bits per heavy atom. The number of rotatable bonds is 2. The Morgan fingerprint density at radius 1 is 1.04 bits per heavy atom. The van der Waals surface area contributed by atoms with Crippen LogP contribution in [0.2, 0.25) is 0 Å². The molecule has 3 saturated heterocycles. The zero-order valence-corrected chi connectivity index (χ0v) is 15.4. The van der Waals surface area contributed by atoms with Gasteiger partial charge in [-0.05, 0) is 24.8 Å². The van der Waals surface area contributed by atoms with E-state index in [2.05, 4.69) is 14.9 Å². The fraction of sp³-hybridized carbons (Fsp3) is 0.500. The molecule has 2 bridgehead atoms. The topological polar surface area (TPSA) is 93.3 Å². The molecule has 0 aliphatic carbocycles. The molecule has 9 heteroatoms. The minimum absolute atomic E-state index is 0.000726. The summed E-state index contributed by atoms with van der Waals surface area (Å²) in [6.45, 7) is 2.04. The molecule has 3 fully saturated rings. The molecule has 0 radical (unpaired) electrons. The molecule has 3 aliphatic heterocycles. The van der Waals surface area contributed by atoms with Crippen molar-refractivity contribution in [2.45, 2.75) is 18.9 Å². The quantitative estimate of drug-likeness (QED) is 0.715. The Kier molecular flexibility index (Phi) is 4.29. The smallest absolute Gasteiger partial charge is 0.331 e. The molecule has 0 N–H and O–H groups in total. The molecular weight excluding hydrogens is 348 g/mol. The number of carbonyl (C=O) groups excluding carboxylic acids is 1. The van der Waals surface area contributed by atoms with Crippen LogP contribution in [-0.2, 0) is 14.1 Å². The van der Waals surface area contributed by atoms with Gasteiger partial charge in [-0.15, -0.1) is 0 Å². The van der Waals surface area contributed by atoms with Gasteiger partial charge < -0.3 is 9.80 Å². The highest BCUT2D eigenvalue weighted by Gasteiger charge is 2.38. The average Bonchev–Trinajstić information content (AvgIpc) is 3.01. The van der Waals surface area contributed by atoms with Gasteiger partial charge in [0.15, 0.2) is 0 Å². The van der Waals surface area contributed by atoms with Crippen LogP contribution in [0.4, 0.5) is 5.95 Å². The monoisotopic (exact) mass is 370 g/mol. The molecular formula is C18H22N6O3. The lowest BCUT2D eigenvalue weighted by Gasteiger charge is -2.36. The van der Waals surface area contributed by atoms with Crippen LogP contribution in [0, 0.1) is 5.92 Å². The number of fused-ring (bicyclic) bond motifs is 4. The Labute approximate surface area is 155 Å². The predicted octanol–water partition coefficient (Wildman–Crippen LogP) is -0.385. The van der Waals surface area contributed by atoms with Gasteiger partial charge in [0.25, 0.3) is 11.5 Å². The largest absolute Gasteiger partial charge is 0.338 e. The van der Waals surface area contributed by atoms with Crippen LogP contribution in [0.15, 0.2) is 34.1 Å². The van der Waals surface area contributed by atoms with Gasteiger partial charge in [-0.2, -0.15) is 0 Å². The standard InChI is InChI=1S/C18H22N6O3/c1-21-14(8-15(25)22(2)18(21)27)16(26)24-10-12-4-5-13(24)11-23(9-12)17-19-6-3-7-20-17/h3,6-8,12-13H,4-5,9-11H2,1-2H3. The van der Waals surface area contributed by atoms with E-state index in [0.29, 0.717) is 25.0 Å². The van der Waals surface area contributed by atoms with Gasteiger partial charge >= 0.3 is 5.69 Å². The second-order valence-corrected chi connectivity index (χ2v) is 7.28. The van der Waals surface area contributed by atoms with Gasteiger partial charge in [0.1, 0.15) is 5.69 Å². The van der Waals surface area contributed by atoms with Gasteiger partial charge in [0, 0.05) is 58.2 Å². The maximum Gasteiger partial charge on any atom is 0.331 e. The Bertz CT molecular complexity index is 983. The first-order valence-corrected chi connectivity index (χ1v) is 9.05. The first kappa shape index (κ1) is 17.4. The van der Waals surface area contributed by atoms with Gasteiger partial charge in [0.2, 0.25) is 5.95 Å². The summed E-state index contributed by atoms with van der Waals surface area (Å²) in [5, 5.41) is 0. The van der Waals surface area contributed by atoms with Crippen LogP contribution >= 0.6 is 0 Å². The normalized spacial score (nSPS) is 22.0. The highest BCUT2D eigenvalue weighted by Crippen LogP contribution is 2.30. The number of amides is 1. The van der Waals surface area contributed by atoms with E-state index in [0.717, 1.165) is 24.0 Å². The third-order valence-electron chi connectivity index (χ3n) is 5.55. The van der Waals surface area contributed by atoms with Crippen molar-refractivity contribution in [3.63, 3.8) is 0 Å². The van der Waals surface area contributed by atoms with Crippen LogP contribution in [0.25, 0.3) is 0 Å². The maximum absolute atomic E-state index is 13.2. The summed E-state index contributed by atoms with van der Waals surface area (Å²) in [4.78, 5) is 50.0. The molecule has 3 aliphatic rings. The molecule has 2 aromatic heterocycles. The zero-order chi connectivity index (χ0) is 19.1. The first-order valence-electron chi connectivity index (χ1n) is 9.05. The molecule has 0 saturated carbocycles. The number of anilines is 1. The Morgan fingerprint density at radius 3 is 2.52 bits per heavy atom. The zero-order valence-electron chi connectivity index (χ0n) is 15.4. The fourth-order valence-electron chi connectivity index (χ4n) is 4.03. The molecule has 2 atom stereocenters. The van der Waals surface area contributed by atoms with E-state index in [1.807, 2.05) is 4.90 Å². The molecule has 5 heterocycles. The van der Waals surface area contributed by atoms with Gasteiger partial charge in [-0.1, -0.05) is 0 Å². The van der Waals surface area contributed by atoms with E-state index < -0.39 is 11.2 Å². The SMILES string of the molecule is Cn1c(C(=O)N2CC3CCC2CN(c2ncccn2)C3)cc(=O)n(C)c1=O. The van der Waals surface area contributed by atoms with Crippen LogP contribution in [0.3, 0.4) is 0 Å². The van der Waals surface area contributed by atoms with E-state index in [9.17, 15) is 14.4 Å². The summed E-state index contributed by atoms with van der Waals surface area (Å²) in [5.74, 6) is 0.711. The first-order chi connectivity index (χ1) is 13.0. The van der Waals surface area contributed by atoms with Crippen LogP contribution in [-0.4, -0.2) is 55.6 Å². The van der Waals surface area contributed by atoms with E-state index in [1.165, 1.54) is 24.7 Å². The van der Waals surface area contributed by atoms with Crippen LogP contribution < -0.4 is 16.1 Å². The lowest BCUT2D eigenvalue weighted by Crippen LogP contribution is -2.50. The second-order valence-electron chi connectivity index (χ2n) is 7.28. The minimum atomic E-state index is -0.495. The predicted molar refractivity (Wildman–Crippen MR) is 98.7 cm³/mol. The van der Waals surface area contributed by atoms with Gasteiger partial charge in [-0.25, -0.2) is 14.8 Å². The number of hydrogen-bond acceptors (Lipinski definition) is 6. The second kappa shape index (κ2) is 6.64. The molecule has 5 rings (SSSR count). The van der Waals surface area contributed by atoms with E-state index in [4.69, 9.17) is 0 Å². The fourth-order valence-corrected chi connectivity index (χ4v) is 4.03. The maximum atomic E-state index is 13.2. The van der Waals surface area contributed by atoms with Crippen molar-refractivity contribution in [1.82, 2.24) is 24.0 Å². The minimum Gasteiger partial charge on any atom is -0.338 e. The third kappa shape index (κ3) is 3.02. The molecule has 1 amide bonds. The average molecular weight is 370 g/mol. The third-order valence-corrected chi connectivity index (χ3v) is 5.55. The van der Waals surface area contributed by atoms with Gasteiger partial charge in [-0.3, -0.25) is 18.7 Å². The van der Waals surface area contributed by atoms with Crippen LogP contribution in [0.5, 0.6) is 0 Å². The van der Waals surface area contributed by atoms with Crippen molar-refractivity contribution >= 4 is 11.9 Å². The number of carbonyl (C=O) groups is 1. The van der Waals surface area contributed by atoms with Crippen LogP contribution in [0.1, 0.15) is 23.3 Å². The van der Waals surface area contributed by atoms with Crippen molar-refractivity contribution < 1.29 is 4.79 Å². The molecule has 2 unspecified atom stereocenters. The van der Waals surface area contributed by atoms with E-state index in [-0.39, 0.29) is 17.6 Å². The highest BCUT2D eigenvalue weighted by atomic mass is 16.2. The Balaban J connectivity index is 1.65. The summed E-state index contributed by atoms with van der Waals surface area (Å²) in [6.07, 6.45) is 5.35. The number of aromatic nitrogens is 4. The van der Waals surface area contributed by atoms with Crippen molar-refractivity contribution in [2.24, 2.45) is 20.0 Å². The number of nitrogens with zero attached hydrogens (tertiary/aromatic N) is 6. The lowest BCUT2D eigenvalue weighted by atomic mass is 9.94. The molecule has 142 valence electrons. The van der Waals surface area contributed by atoms with Crippen molar-refractivity contribution in [3.8, 4) is 0 Å². The van der Waals surface area contributed by atoms with Crippen molar-refractivity contribution in [3.05, 3.63) is 51.1 Å². The summed E-state index contributed by atoms with van der Waals surface area (Å²) >= 11 is 0. The molecule has 2 aromatic rings. The summed E-state index contributed by atoms with van der Waals surface area (Å²) in [5.41, 5.74) is -0.830. The van der Waals surface area contributed by atoms with E-state index in [1.54, 1.807) is 18.5 Å². The van der Waals surface area contributed by atoms with Crippen molar-refractivity contribution in [2.75, 3.05) is 24.5 Å². The molecule has 0 aromatic carbocycles. The molecule has 27 heavy (non-hydrogen) atoms. The molecule has 0 spiro atoms. The summed E-state index contributed by atoms with van der Waals surface area (Å²) in [7, 11) is 2.93. The van der Waals surface area contributed by atoms with Gasteiger partial charge in [0.05, 0.1) is 0 Å². The molecule has 9 nitrogen and oxygen atoms in total.